The maximum atomic E-state index is 6.06. The van der Waals surface area contributed by atoms with Crippen LogP contribution in [-0.2, 0) is 6.54 Å². The summed E-state index contributed by atoms with van der Waals surface area (Å²) in [6.07, 6.45) is 1.66. The molecule has 1 aromatic heterocycles. The Morgan fingerprint density at radius 3 is 2.69 bits per heavy atom. The minimum atomic E-state index is 0.376. The number of nitrogens with zero attached hydrogens (tertiary/aromatic N) is 2. The van der Waals surface area contributed by atoms with Gasteiger partial charge in [0, 0.05) is 23.3 Å². The minimum absolute atomic E-state index is 0.376. The maximum absolute atomic E-state index is 6.06. The average molecular weight is 254 g/mol. The van der Waals surface area contributed by atoms with Crippen molar-refractivity contribution in [1.82, 2.24) is 9.97 Å². The quantitative estimate of drug-likeness (QED) is 0.896. The monoisotopic (exact) mass is 253 g/mol. The molecule has 1 heterocycles. The second-order valence-corrected chi connectivity index (χ2v) is 4.04. The van der Waals surface area contributed by atoms with Gasteiger partial charge in [0.25, 0.3) is 0 Å². The van der Waals surface area contributed by atoms with Crippen LogP contribution in [0.4, 0.5) is 0 Å². The molecule has 3 nitrogen and oxygen atoms in total. The Labute approximate surface area is 103 Å². The summed E-state index contributed by atoms with van der Waals surface area (Å²) in [5.41, 5.74) is 7.04. The highest BCUT2D eigenvalue weighted by atomic mass is 35.5. The van der Waals surface area contributed by atoms with Gasteiger partial charge in [-0.2, -0.15) is 0 Å². The molecule has 2 aromatic rings. The molecule has 0 spiro atoms. The number of halogens is 2. The van der Waals surface area contributed by atoms with Gasteiger partial charge >= 0.3 is 0 Å². The molecule has 0 atom stereocenters. The number of hydrogen-bond acceptors (Lipinski definition) is 3. The van der Waals surface area contributed by atoms with Crippen LogP contribution in [-0.4, -0.2) is 9.97 Å². The van der Waals surface area contributed by atoms with E-state index in [-0.39, 0.29) is 0 Å². The Balaban J connectivity index is 2.49. The summed E-state index contributed by atoms with van der Waals surface area (Å²) in [6, 6.07) is 6.98. The summed E-state index contributed by atoms with van der Waals surface area (Å²) in [6.45, 7) is 0.376. The fourth-order valence-electron chi connectivity index (χ4n) is 1.31. The van der Waals surface area contributed by atoms with Gasteiger partial charge in [0.1, 0.15) is 0 Å². The molecule has 5 heteroatoms. The summed E-state index contributed by atoms with van der Waals surface area (Å²) in [5.74, 6) is 0.560. The summed E-state index contributed by atoms with van der Waals surface area (Å²) in [4.78, 5) is 8.44. The first-order valence-corrected chi connectivity index (χ1v) is 5.43. The molecule has 0 radical (unpaired) electrons. The summed E-state index contributed by atoms with van der Waals surface area (Å²) in [7, 11) is 0. The van der Waals surface area contributed by atoms with Gasteiger partial charge < -0.3 is 5.73 Å². The van der Waals surface area contributed by atoms with Crippen molar-refractivity contribution in [2.45, 2.75) is 6.54 Å². The fourth-order valence-corrected chi connectivity index (χ4v) is 1.80. The number of benzene rings is 1. The van der Waals surface area contributed by atoms with Crippen molar-refractivity contribution < 1.29 is 0 Å². The Morgan fingerprint density at radius 1 is 1.19 bits per heavy atom. The highest BCUT2D eigenvalue weighted by Gasteiger charge is 2.07. The van der Waals surface area contributed by atoms with Gasteiger partial charge in [-0.25, -0.2) is 9.97 Å². The van der Waals surface area contributed by atoms with E-state index in [0.29, 0.717) is 22.4 Å². The predicted molar refractivity (Wildman–Crippen MR) is 65.4 cm³/mol. The van der Waals surface area contributed by atoms with Crippen molar-refractivity contribution in [3.05, 3.63) is 46.2 Å². The van der Waals surface area contributed by atoms with Crippen molar-refractivity contribution in [2.24, 2.45) is 5.73 Å². The molecule has 0 amide bonds. The number of rotatable bonds is 2. The van der Waals surface area contributed by atoms with E-state index >= 15 is 0 Å². The number of aromatic nitrogens is 2. The van der Waals surface area contributed by atoms with Gasteiger partial charge in [-0.05, 0) is 24.3 Å². The normalized spacial score (nSPS) is 10.4. The van der Waals surface area contributed by atoms with Crippen LogP contribution < -0.4 is 5.73 Å². The Hall–Kier alpha value is -1.16. The lowest BCUT2D eigenvalue weighted by Gasteiger charge is -2.04. The fraction of sp³-hybridized carbons (Fsp3) is 0.0909. The highest BCUT2D eigenvalue weighted by Crippen LogP contribution is 2.27. The largest absolute Gasteiger partial charge is 0.325 e. The van der Waals surface area contributed by atoms with Crippen molar-refractivity contribution >= 4 is 23.2 Å². The van der Waals surface area contributed by atoms with E-state index in [2.05, 4.69) is 9.97 Å². The van der Waals surface area contributed by atoms with E-state index in [1.807, 2.05) is 0 Å². The Kier molecular flexibility index (Phi) is 3.39. The van der Waals surface area contributed by atoms with Crippen molar-refractivity contribution in [2.75, 3.05) is 0 Å². The SMILES string of the molecule is NCc1ccnc(-c2ccc(Cl)cc2Cl)n1. The van der Waals surface area contributed by atoms with Gasteiger partial charge in [-0.3, -0.25) is 0 Å². The Morgan fingerprint density at radius 2 is 2.00 bits per heavy atom. The summed E-state index contributed by atoms with van der Waals surface area (Å²) >= 11 is 11.9. The first-order chi connectivity index (χ1) is 7.70. The molecule has 0 saturated carbocycles. The van der Waals surface area contributed by atoms with Crippen LogP contribution in [0.15, 0.2) is 30.5 Å². The lowest BCUT2D eigenvalue weighted by Crippen LogP contribution is -2.01. The topological polar surface area (TPSA) is 51.8 Å². The Bertz CT molecular complexity index is 514. The van der Waals surface area contributed by atoms with Crippen LogP contribution in [0.25, 0.3) is 11.4 Å². The van der Waals surface area contributed by atoms with Crippen LogP contribution in [0.5, 0.6) is 0 Å². The number of hydrogen-bond donors (Lipinski definition) is 1. The zero-order valence-corrected chi connectivity index (χ0v) is 9.83. The van der Waals surface area contributed by atoms with E-state index in [1.54, 1.807) is 30.5 Å². The first kappa shape index (κ1) is 11.3. The van der Waals surface area contributed by atoms with E-state index in [4.69, 9.17) is 28.9 Å². The zero-order chi connectivity index (χ0) is 11.5. The summed E-state index contributed by atoms with van der Waals surface area (Å²) < 4.78 is 0. The maximum Gasteiger partial charge on any atom is 0.160 e. The summed E-state index contributed by atoms with van der Waals surface area (Å²) in [5, 5.41) is 1.12. The van der Waals surface area contributed by atoms with E-state index in [9.17, 15) is 0 Å². The molecule has 2 N–H and O–H groups in total. The molecule has 16 heavy (non-hydrogen) atoms. The van der Waals surface area contributed by atoms with Crippen LogP contribution in [0.2, 0.25) is 10.0 Å². The van der Waals surface area contributed by atoms with Gasteiger partial charge in [0.05, 0.1) is 10.7 Å². The van der Waals surface area contributed by atoms with Gasteiger partial charge in [0.2, 0.25) is 0 Å². The molecule has 0 unspecified atom stereocenters. The number of nitrogens with two attached hydrogens (primary N) is 1. The molecule has 2 rings (SSSR count). The molecule has 0 aliphatic rings. The first-order valence-electron chi connectivity index (χ1n) is 4.68. The molecular formula is C11H9Cl2N3. The molecule has 0 saturated heterocycles. The molecule has 0 fully saturated rings. The minimum Gasteiger partial charge on any atom is -0.325 e. The molecule has 82 valence electrons. The lowest BCUT2D eigenvalue weighted by molar-refractivity contribution is 0.969. The predicted octanol–water partition coefficient (Wildman–Crippen LogP) is 2.91. The van der Waals surface area contributed by atoms with Gasteiger partial charge in [0.15, 0.2) is 5.82 Å². The van der Waals surface area contributed by atoms with E-state index in [1.165, 1.54) is 0 Å². The standard InChI is InChI=1S/C11H9Cl2N3/c12-7-1-2-9(10(13)5-7)11-15-4-3-8(6-14)16-11/h1-5H,6,14H2. The molecule has 1 aromatic carbocycles. The van der Waals surface area contributed by atoms with E-state index in [0.717, 1.165) is 11.3 Å². The molecular weight excluding hydrogens is 245 g/mol. The zero-order valence-electron chi connectivity index (χ0n) is 8.32. The third kappa shape index (κ3) is 2.32. The molecule has 0 bridgehead atoms. The lowest BCUT2D eigenvalue weighted by atomic mass is 10.2. The van der Waals surface area contributed by atoms with Gasteiger partial charge in [-0.1, -0.05) is 23.2 Å². The average Bonchev–Trinajstić information content (AvgIpc) is 2.29. The van der Waals surface area contributed by atoms with Crippen LogP contribution in [0, 0.1) is 0 Å². The van der Waals surface area contributed by atoms with Crippen LogP contribution >= 0.6 is 23.2 Å². The highest BCUT2D eigenvalue weighted by molar-refractivity contribution is 6.36. The molecule has 0 aliphatic carbocycles. The third-order valence-electron chi connectivity index (χ3n) is 2.09. The second kappa shape index (κ2) is 4.78. The van der Waals surface area contributed by atoms with Crippen molar-refractivity contribution in [1.29, 1.82) is 0 Å². The van der Waals surface area contributed by atoms with Gasteiger partial charge in [-0.15, -0.1) is 0 Å². The smallest absolute Gasteiger partial charge is 0.160 e. The second-order valence-electron chi connectivity index (χ2n) is 3.20. The van der Waals surface area contributed by atoms with E-state index < -0.39 is 0 Å². The van der Waals surface area contributed by atoms with Crippen LogP contribution in [0.1, 0.15) is 5.69 Å². The van der Waals surface area contributed by atoms with Crippen LogP contribution in [0.3, 0.4) is 0 Å². The van der Waals surface area contributed by atoms with Crippen molar-refractivity contribution in [3.8, 4) is 11.4 Å². The molecule has 0 aliphatic heterocycles. The van der Waals surface area contributed by atoms with Crippen molar-refractivity contribution in [3.63, 3.8) is 0 Å². The third-order valence-corrected chi connectivity index (χ3v) is 2.64.